The number of hydrogen-bond acceptors (Lipinski definition) is 3. The Kier molecular flexibility index (Phi) is 6.70. The standard InChI is InChI=1S/C24H27BrN4O2/c25-19-10-5-4-9-18(19)23-28-20-15-16(24(31)27-17-7-2-1-3-8-17)12-13-21(20)29(23)14-6-11-22(26)30/h4-5,9-10,12-13,15,17H,1-3,6-8,11,14H2,(H2,26,30)(H,27,31). The van der Waals surface area contributed by atoms with E-state index >= 15 is 0 Å². The lowest BCUT2D eigenvalue weighted by Crippen LogP contribution is -2.36. The number of aromatic nitrogens is 2. The second-order valence-corrected chi connectivity index (χ2v) is 9.00. The second-order valence-electron chi connectivity index (χ2n) is 8.15. The average Bonchev–Trinajstić information content (AvgIpc) is 3.12. The number of nitrogens with two attached hydrogens (primary N) is 1. The van der Waals surface area contributed by atoms with Gasteiger partial charge in [-0.2, -0.15) is 0 Å². The molecule has 2 aromatic carbocycles. The van der Waals surface area contributed by atoms with Crippen LogP contribution in [-0.2, 0) is 11.3 Å². The highest BCUT2D eigenvalue weighted by molar-refractivity contribution is 9.10. The molecule has 0 radical (unpaired) electrons. The summed E-state index contributed by atoms with van der Waals surface area (Å²) in [5, 5.41) is 3.18. The number of amides is 2. The van der Waals surface area contributed by atoms with Crippen molar-refractivity contribution in [1.29, 1.82) is 0 Å². The summed E-state index contributed by atoms with van der Waals surface area (Å²) in [7, 11) is 0. The number of benzene rings is 2. The molecule has 3 N–H and O–H groups in total. The van der Waals surface area contributed by atoms with E-state index in [1.54, 1.807) is 0 Å². The second kappa shape index (κ2) is 9.64. The van der Waals surface area contributed by atoms with E-state index in [0.29, 0.717) is 24.9 Å². The third-order valence-electron chi connectivity index (χ3n) is 5.87. The Balaban J connectivity index is 1.67. The van der Waals surface area contributed by atoms with Gasteiger partial charge in [0.2, 0.25) is 5.91 Å². The Hall–Kier alpha value is -2.67. The van der Waals surface area contributed by atoms with Crippen molar-refractivity contribution >= 4 is 38.8 Å². The number of nitrogens with zero attached hydrogens (tertiary/aromatic N) is 2. The summed E-state index contributed by atoms with van der Waals surface area (Å²) in [5.41, 5.74) is 8.62. The van der Waals surface area contributed by atoms with Gasteiger partial charge >= 0.3 is 0 Å². The minimum Gasteiger partial charge on any atom is -0.370 e. The molecule has 0 aliphatic heterocycles. The third-order valence-corrected chi connectivity index (χ3v) is 6.56. The zero-order valence-corrected chi connectivity index (χ0v) is 19.0. The molecular formula is C24H27BrN4O2. The van der Waals surface area contributed by atoms with E-state index in [0.717, 1.165) is 39.7 Å². The molecule has 0 unspecified atom stereocenters. The van der Waals surface area contributed by atoms with Crippen molar-refractivity contribution in [2.45, 2.75) is 57.5 Å². The number of hydrogen-bond donors (Lipinski definition) is 2. The molecule has 6 nitrogen and oxygen atoms in total. The molecule has 1 fully saturated rings. The minimum absolute atomic E-state index is 0.0421. The molecule has 1 aromatic heterocycles. The predicted molar refractivity (Wildman–Crippen MR) is 126 cm³/mol. The van der Waals surface area contributed by atoms with E-state index in [1.165, 1.54) is 19.3 Å². The summed E-state index contributed by atoms with van der Waals surface area (Å²) in [6.45, 7) is 0.615. The van der Waals surface area contributed by atoms with Crippen LogP contribution in [0, 0.1) is 0 Å². The Bertz CT molecular complexity index is 1100. The van der Waals surface area contributed by atoms with Crippen LogP contribution in [0.2, 0.25) is 0 Å². The largest absolute Gasteiger partial charge is 0.370 e. The molecule has 31 heavy (non-hydrogen) atoms. The lowest BCUT2D eigenvalue weighted by atomic mass is 9.95. The number of aryl methyl sites for hydroxylation is 1. The molecule has 1 heterocycles. The van der Waals surface area contributed by atoms with Gasteiger partial charge in [0.1, 0.15) is 5.82 Å². The highest BCUT2D eigenvalue weighted by atomic mass is 79.9. The Morgan fingerprint density at radius 3 is 2.65 bits per heavy atom. The van der Waals surface area contributed by atoms with Gasteiger partial charge in [0.25, 0.3) is 5.91 Å². The van der Waals surface area contributed by atoms with E-state index in [-0.39, 0.29) is 17.9 Å². The van der Waals surface area contributed by atoms with Crippen LogP contribution in [0.4, 0.5) is 0 Å². The van der Waals surface area contributed by atoms with Gasteiger partial charge in [-0.05, 0) is 43.5 Å². The van der Waals surface area contributed by atoms with Crippen LogP contribution in [0.5, 0.6) is 0 Å². The maximum atomic E-state index is 12.8. The fourth-order valence-corrected chi connectivity index (χ4v) is 4.73. The molecule has 0 bridgehead atoms. The van der Waals surface area contributed by atoms with Crippen molar-refractivity contribution in [1.82, 2.24) is 14.9 Å². The van der Waals surface area contributed by atoms with E-state index in [2.05, 4.69) is 25.8 Å². The maximum absolute atomic E-state index is 12.8. The van der Waals surface area contributed by atoms with Gasteiger partial charge in [-0.15, -0.1) is 0 Å². The predicted octanol–water partition coefficient (Wildman–Crippen LogP) is 4.79. The SMILES string of the molecule is NC(=O)CCCn1c(-c2ccccc2Br)nc2cc(C(=O)NC3CCCCC3)ccc21. The van der Waals surface area contributed by atoms with E-state index in [4.69, 9.17) is 10.7 Å². The summed E-state index contributed by atoms with van der Waals surface area (Å²) >= 11 is 3.62. The van der Waals surface area contributed by atoms with Crippen molar-refractivity contribution in [3.05, 3.63) is 52.5 Å². The smallest absolute Gasteiger partial charge is 0.251 e. The number of imidazole rings is 1. The van der Waals surface area contributed by atoms with Gasteiger partial charge in [0.15, 0.2) is 0 Å². The first-order valence-electron chi connectivity index (χ1n) is 10.9. The van der Waals surface area contributed by atoms with Crippen LogP contribution in [0.1, 0.15) is 55.3 Å². The molecule has 0 spiro atoms. The van der Waals surface area contributed by atoms with Crippen LogP contribution in [0.3, 0.4) is 0 Å². The van der Waals surface area contributed by atoms with Gasteiger partial charge in [0.05, 0.1) is 11.0 Å². The molecule has 0 atom stereocenters. The van der Waals surface area contributed by atoms with Crippen LogP contribution >= 0.6 is 15.9 Å². The van der Waals surface area contributed by atoms with Gasteiger partial charge in [0, 0.05) is 34.6 Å². The van der Waals surface area contributed by atoms with Crippen molar-refractivity contribution in [2.75, 3.05) is 0 Å². The Morgan fingerprint density at radius 1 is 1.13 bits per heavy atom. The number of nitrogens with one attached hydrogen (secondary N) is 1. The zero-order valence-electron chi connectivity index (χ0n) is 17.4. The molecule has 0 saturated heterocycles. The zero-order chi connectivity index (χ0) is 21.8. The number of rotatable bonds is 7. The first-order chi connectivity index (χ1) is 15.0. The van der Waals surface area contributed by atoms with Crippen molar-refractivity contribution < 1.29 is 9.59 Å². The first-order valence-corrected chi connectivity index (χ1v) is 11.7. The molecule has 1 aliphatic carbocycles. The quantitative estimate of drug-likeness (QED) is 0.506. The summed E-state index contributed by atoms with van der Waals surface area (Å²) < 4.78 is 3.04. The van der Waals surface area contributed by atoms with E-state index < -0.39 is 0 Å². The highest BCUT2D eigenvalue weighted by Gasteiger charge is 2.19. The third kappa shape index (κ3) is 4.98. The molecule has 7 heteroatoms. The summed E-state index contributed by atoms with van der Waals surface area (Å²) in [6.07, 6.45) is 6.65. The number of fused-ring (bicyclic) bond motifs is 1. The Labute approximate surface area is 190 Å². The van der Waals surface area contributed by atoms with Crippen LogP contribution in [0.15, 0.2) is 46.9 Å². The van der Waals surface area contributed by atoms with Gasteiger partial charge in [-0.3, -0.25) is 9.59 Å². The molecule has 3 aromatic rings. The van der Waals surface area contributed by atoms with E-state index in [1.807, 2.05) is 42.5 Å². The summed E-state index contributed by atoms with van der Waals surface area (Å²) in [5.74, 6) is 0.449. The number of primary amides is 1. The molecule has 1 saturated carbocycles. The number of halogens is 1. The number of carbonyl (C=O) groups excluding carboxylic acids is 2. The van der Waals surface area contributed by atoms with Crippen LogP contribution in [-0.4, -0.2) is 27.4 Å². The highest BCUT2D eigenvalue weighted by Crippen LogP contribution is 2.31. The number of carbonyl (C=O) groups is 2. The van der Waals surface area contributed by atoms with E-state index in [9.17, 15) is 9.59 Å². The normalized spacial score (nSPS) is 14.6. The molecular weight excluding hydrogens is 456 g/mol. The lowest BCUT2D eigenvalue weighted by molar-refractivity contribution is -0.118. The topological polar surface area (TPSA) is 90.0 Å². The minimum atomic E-state index is -0.312. The molecule has 162 valence electrons. The fraction of sp³-hybridized carbons (Fsp3) is 0.375. The molecule has 1 aliphatic rings. The van der Waals surface area contributed by atoms with Gasteiger partial charge < -0.3 is 15.6 Å². The van der Waals surface area contributed by atoms with Gasteiger partial charge in [-0.1, -0.05) is 53.4 Å². The van der Waals surface area contributed by atoms with Crippen LogP contribution < -0.4 is 11.1 Å². The van der Waals surface area contributed by atoms with Crippen molar-refractivity contribution in [3.63, 3.8) is 0 Å². The maximum Gasteiger partial charge on any atom is 0.251 e. The first kappa shape index (κ1) is 21.6. The molecule has 4 rings (SSSR count). The average molecular weight is 483 g/mol. The van der Waals surface area contributed by atoms with Gasteiger partial charge in [-0.25, -0.2) is 4.98 Å². The monoisotopic (exact) mass is 482 g/mol. The van der Waals surface area contributed by atoms with Crippen molar-refractivity contribution in [2.24, 2.45) is 5.73 Å². The Morgan fingerprint density at radius 2 is 1.90 bits per heavy atom. The summed E-state index contributed by atoms with van der Waals surface area (Å²) in [6, 6.07) is 13.8. The lowest BCUT2D eigenvalue weighted by Gasteiger charge is -2.22. The van der Waals surface area contributed by atoms with Crippen LogP contribution in [0.25, 0.3) is 22.4 Å². The fourth-order valence-electron chi connectivity index (χ4n) is 4.27. The van der Waals surface area contributed by atoms with Crippen molar-refractivity contribution in [3.8, 4) is 11.4 Å². The summed E-state index contributed by atoms with van der Waals surface area (Å²) in [4.78, 5) is 28.9. The molecule has 2 amide bonds.